The van der Waals surface area contributed by atoms with E-state index in [4.69, 9.17) is 9.47 Å². The Morgan fingerprint density at radius 2 is 1.33 bits per heavy atom. The van der Waals surface area contributed by atoms with Gasteiger partial charge in [0.25, 0.3) is 0 Å². The minimum absolute atomic E-state index is 0.260. The van der Waals surface area contributed by atoms with Crippen molar-refractivity contribution in [1.29, 1.82) is 0 Å². The predicted molar refractivity (Wildman–Crippen MR) is 80.8 cm³/mol. The Balaban J connectivity index is 3.05. The van der Waals surface area contributed by atoms with Crippen LogP contribution in [0.5, 0.6) is 0 Å². The van der Waals surface area contributed by atoms with E-state index in [-0.39, 0.29) is 17.9 Å². The quantitative estimate of drug-likeness (QED) is 0.724. The molecule has 0 fully saturated rings. The van der Waals surface area contributed by atoms with Gasteiger partial charge in [-0.15, -0.1) is 0 Å². The summed E-state index contributed by atoms with van der Waals surface area (Å²) in [5, 5.41) is 0. The molecule has 0 saturated heterocycles. The van der Waals surface area contributed by atoms with Crippen LogP contribution in [0.4, 0.5) is 0 Å². The van der Waals surface area contributed by atoms with Crippen molar-refractivity contribution < 1.29 is 19.1 Å². The molecule has 0 aliphatic rings. The van der Waals surface area contributed by atoms with E-state index >= 15 is 0 Å². The molecule has 0 radical (unpaired) electrons. The van der Waals surface area contributed by atoms with Crippen molar-refractivity contribution in [3.8, 4) is 0 Å². The molecule has 4 nitrogen and oxygen atoms in total. The van der Waals surface area contributed by atoms with Gasteiger partial charge in [0, 0.05) is 5.92 Å². The molecule has 0 amide bonds. The van der Waals surface area contributed by atoms with E-state index in [1.807, 2.05) is 30.3 Å². The molecule has 21 heavy (non-hydrogen) atoms. The zero-order valence-corrected chi connectivity index (χ0v) is 13.2. The number of carbonyl (C=O) groups is 2. The first-order valence-corrected chi connectivity index (χ1v) is 7.41. The van der Waals surface area contributed by atoms with Gasteiger partial charge < -0.3 is 9.47 Å². The molecule has 0 heterocycles. The van der Waals surface area contributed by atoms with Crippen LogP contribution in [0.15, 0.2) is 30.3 Å². The summed E-state index contributed by atoms with van der Waals surface area (Å²) in [5.41, 5.74) is 0.943. The first-order chi connectivity index (χ1) is 10.0. The van der Waals surface area contributed by atoms with Crippen LogP contribution in [-0.4, -0.2) is 25.2 Å². The van der Waals surface area contributed by atoms with Gasteiger partial charge in [0.1, 0.15) is 0 Å². The van der Waals surface area contributed by atoms with Gasteiger partial charge in [-0.1, -0.05) is 44.2 Å². The largest absolute Gasteiger partial charge is 0.466 e. The van der Waals surface area contributed by atoms with Gasteiger partial charge in [-0.3, -0.25) is 9.59 Å². The lowest BCUT2D eigenvalue weighted by atomic mass is 9.78. The molecule has 2 atom stereocenters. The van der Waals surface area contributed by atoms with E-state index < -0.39 is 11.8 Å². The van der Waals surface area contributed by atoms with Gasteiger partial charge in [0.05, 0.1) is 25.0 Å². The summed E-state index contributed by atoms with van der Waals surface area (Å²) < 4.78 is 10.2. The summed E-state index contributed by atoms with van der Waals surface area (Å²) in [6.07, 6.45) is 0. The maximum Gasteiger partial charge on any atom is 0.309 e. The fraction of sp³-hybridized carbons (Fsp3) is 0.529. The molecular formula is C17H24O4. The van der Waals surface area contributed by atoms with Crippen LogP contribution < -0.4 is 0 Å². The van der Waals surface area contributed by atoms with Crippen LogP contribution in [0.25, 0.3) is 0 Å². The first kappa shape index (κ1) is 17.2. The summed E-state index contributed by atoms with van der Waals surface area (Å²) in [6, 6.07) is 9.56. The molecule has 0 saturated carbocycles. The van der Waals surface area contributed by atoms with E-state index in [9.17, 15) is 9.59 Å². The minimum atomic E-state index is -0.410. The van der Waals surface area contributed by atoms with Crippen molar-refractivity contribution in [3.05, 3.63) is 35.9 Å². The Labute approximate surface area is 126 Å². The molecule has 1 rings (SSSR count). The van der Waals surface area contributed by atoms with Gasteiger partial charge in [0.2, 0.25) is 0 Å². The van der Waals surface area contributed by atoms with Crippen molar-refractivity contribution in [2.24, 2.45) is 11.8 Å². The molecule has 0 spiro atoms. The van der Waals surface area contributed by atoms with Gasteiger partial charge in [-0.2, -0.15) is 0 Å². The van der Waals surface area contributed by atoms with Crippen molar-refractivity contribution >= 4 is 11.9 Å². The average molecular weight is 292 g/mol. The number of carbonyl (C=O) groups excluding carboxylic acids is 2. The minimum Gasteiger partial charge on any atom is -0.466 e. The molecule has 0 bridgehead atoms. The molecule has 1 aromatic rings. The molecule has 0 unspecified atom stereocenters. The van der Waals surface area contributed by atoms with Gasteiger partial charge in [0.15, 0.2) is 0 Å². The van der Waals surface area contributed by atoms with Crippen molar-refractivity contribution in [3.63, 3.8) is 0 Å². The van der Waals surface area contributed by atoms with Crippen molar-refractivity contribution in [2.75, 3.05) is 13.2 Å². The number of ether oxygens (including phenoxy) is 2. The third-order valence-electron chi connectivity index (χ3n) is 3.58. The highest BCUT2D eigenvalue weighted by Gasteiger charge is 2.35. The second kappa shape index (κ2) is 8.45. The zero-order valence-electron chi connectivity index (χ0n) is 13.2. The number of hydrogen-bond acceptors (Lipinski definition) is 4. The molecule has 0 aliphatic carbocycles. The Bertz CT molecular complexity index is 431. The topological polar surface area (TPSA) is 52.6 Å². The fourth-order valence-electron chi connectivity index (χ4n) is 2.53. The van der Waals surface area contributed by atoms with E-state index in [1.54, 1.807) is 27.7 Å². The lowest BCUT2D eigenvalue weighted by Crippen LogP contribution is -2.31. The Hall–Kier alpha value is -1.84. The maximum absolute atomic E-state index is 12.1. The zero-order chi connectivity index (χ0) is 15.8. The summed E-state index contributed by atoms with van der Waals surface area (Å²) >= 11 is 0. The van der Waals surface area contributed by atoms with Gasteiger partial charge >= 0.3 is 11.9 Å². The number of esters is 2. The molecule has 116 valence electrons. The van der Waals surface area contributed by atoms with E-state index in [2.05, 4.69) is 0 Å². The third-order valence-corrected chi connectivity index (χ3v) is 3.58. The molecule has 0 N–H and O–H groups in total. The van der Waals surface area contributed by atoms with Crippen LogP contribution in [0.2, 0.25) is 0 Å². The molecule has 0 aliphatic heterocycles. The summed E-state index contributed by atoms with van der Waals surface area (Å²) in [6.45, 7) is 7.81. The number of hydrogen-bond donors (Lipinski definition) is 0. The van der Waals surface area contributed by atoms with Crippen molar-refractivity contribution in [1.82, 2.24) is 0 Å². The number of rotatable bonds is 7. The lowest BCUT2D eigenvalue weighted by molar-refractivity contribution is -0.152. The van der Waals surface area contributed by atoms with E-state index in [0.29, 0.717) is 13.2 Å². The lowest BCUT2D eigenvalue weighted by Gasteiger charge is -2.27. The Kier molecular flexibility index (Phi) is 6.92. The third kappa shape index (κ3) is 4.59. The smallest absolute Gasteiger partial charge is 0.309 e. The SMILES string of the molecule is CCOC(=O)[C@H](C)C(c1ccccc1)[C@@H](C)C(=O)OCC. The molecule has 4 heteroatoms. The van der Waals surface area contributed by atoms with Crippen LogP contribution >= 0.6 is 0 Å². The van der Waals surface area contributed by atoms with Gasteiger partial charge in [-0.05, 0) is 19.4 Å². The maximum atomic E-state index is 12.1. The second-order valence-electron chi connectivity index (χ2n) is 5.02. The Morgan fingerprint density at radius 1 is 0.905 bits per heavy atom. The molecular weight excluding hydrogens is 268 g/mol. The van der Waals surface area contributed by atoms with E-state index in [0.717, 1.165) is 5.56 Å². The summed E-state index contributed by atoms with van der Waals surface area (Å²) in [4.78, 5) is 24.1. The molecule has 1 aromatic carbocycles. The van der Waals surface area contributed by atoms with E-state index in [1.165, 1.54) is 0 Å². The normalized spacial score (nSPS) is 13.6. The standard InChI is InChI=1S/C17H24O4/c1-5-20-16(18)12(3)15(13(4)17(19)21-6-2)14-10-8-7-9-11-14/h7-13,15H,5-6H2,1-4H3/t12-,13-/m1/s1. The van der Waals surface area contributed by atoms with Crippen molar-refractivity contribution in [2.45, 2.75) is 33.6 Å². The monoisotopic (exact) mass is 292 g/mol. The highest BCUT2D eigenvalue weighted by molar-refractivity contribution is 5.78. The highest BCUT2D eigenvalue weighted by atomic mass is 16.5. The summed E-state index contributed by atoms with van der Waals surface area (Å²) in [5.74, 6) is -1.66. The fourth-order valence-corrected chi connectivity index (χ4v) is 2.53. The Morgan fingerprint density at radius 3 is 1.71 bits per heavy atom. The first-order valence-electron chi connectivity index (χ1n) is 7.41. The number of benzene rings is 1. The highest BCUT2D eigenvalue weighted by Crippen LogP contribution is 2.33. The predicted octanol–water partition coefficient (Wildman–Crippen LogP) is 3.17. The van der Waals surface area contributed by atoms with Crippen LogP contribution in [0, 0.1) is 11.8 Å². The van der Waals surface area contributed by atoms with Crippen LogP contribution in [0.3, 0.4) is 0 Å². The second-order valence-corrected chi connectivity index (χ2v) is 5.02. The van der Waals surface area contributed by atoms with Gasteiger partial charge in [-0.25, -0.2) is 0 Å². The van der Waals surface area contributed by atoms with Crippen LogP contribution in [-0.2, 0) is 19.1 Å². The average Bonchev–Trinajstić information content (AvgIpc) is 2.48. The van der Waals surface area contributed by atoms with Crippen LogP contribution in [0.1, 0.15) is 39.2 Å². The molecule has 0 aromatic heterocycles. The summed E-state index contributed by atoms with van der Waals surface area (Å²) in [7, 11) is 0.